The summed E-state index contributed by atoms with van der Waals surface area (Å²) in [7, 11) is 2.03. The molecule has 1 atom stereocenters. The first kappa shape index (κ1) is 18.9. The van der Waals surface area contributed by atoms with E-state index in [1.165, 1.54) is 0 Å². The molecule has 1 unspecified atom stereocenters. The molecular weight excluding hydrogens is 344 g/mol. The first-order chi connectivity index (χ1) is 13.0. The molecule has 8 nitrogen and oxygen atoms in total. The van der Waals surface area contributed by atoms with Gasteiger partial charge >= 0.3 is 5.97 Å². The normalized spacial score (nSPS) is 16.5. The predicted molar refractivity (Wildman–Crippen MR) is 102 cm³/mol. The van der Waals surface area contributed by atoms with Gasteiger partial charge in [-0.05, 0) is 25.6 Å². The molecule has 1 saturated heterocycles. The van der Waals surface area contributed by atoms with Crippen LogP contribution in [0, 0.1) is 12.3 Å². The molecule has 0 aliphatic carbocycles. The van der Waals surface area contributed by atoms with Crippen LogP contribution in [-0.2, 0) is 9.63 Å². The van der Waals surface area contributed by atoms with Gasteiger partial charge in [-0.25, -0.2) is 14.8 Å². The van der Waals surface area contributed by atoms with E-state index >= 15 is 0 Å². The zero-order chi connectivity index (χ0) is 19.2. The first-order valence-corrected chi connectivity index (χ1v) is 8.87. The van der Waals surface area contributed by atoms with Gasteiger partial charge in [0.25, 0.3) is 0 Å². The quantitative estimate of drug-likeness (QED) is 0.749. The van der Waals surface area contributed by atoms with E-state index in [9.17, 15) is 4.79 Å². The van der Waals surface area contributed by atoms with Crippen LogP contribution in [0.3, 0.4) is 0 Å². The fraction of sp³-hybridized carbons (Fsp3) is 0.368. The van der Waals surface area contributed by atoms with Gasteiger partial charge in [-0.2, -0.15) is 0 Å². The number of carbonyl (C=O) groups is 1. The summed E-state index contributed by atoms with van der Waals surface area (Å²) in [6.07, 6.45) is 3.21. The molecule has 0 radical (unpaired) electrons. The number of hydroxylamine groups is 2. The molecule has 142 valence electrons. The first-order valence-electron chi connectivity index (χ1n) is 8.87. The lowest BCUT2D eigenvalue weighted by Crippen LogP contribution is -2.46. The van der Waals surface area contributed by atoms with Crippen molar-refractivity contribution in [3.05, 3.63) is 53.9 Å². The third-order valence-corrected chi connectivity index (χ3v) is 4.43. The molecule has 1 aromatic carbocycles. The summed E-state index contributed by atoms with van der Waals surface area (Å²) in [5.74, 6) is -0.325. The molecule has 0 spiro atoms. The number of likely N-dealkylation sites (N-methyl/N-ethyl adjacent to an activating group) is 1. The summed E-state index contributed by atoms with van der Waals surface area (Å²) < 4.78 is 0. The van der Waals surface area contributed by atoms with Crippen LogP contribution in [0.1, 0.15) is 17.2 Å². The summed E-state index contributed by atoms with van der Waals surface area (Å²) in [6.45, 7) is 4.87. The van der Waals surface area contributed by atoms with Crippen LogP contribution in [0.2, 0.25) is 0 Å². The van der Waals surface area contributed by atoms with Crippen LogP contribution in [0.25, 0.3) is 0 Å². The average Bonchev–Trinajstić information content (AvgIpc) is 2.69. The second-order valence-electron chi connectivity index (χ2n) is 6.59. The Bertz CT molecular complexity index is 773. The smallest absolute Gasteiger partial charge is 0.363 e. The van der Waals surface area contributed by atoms with Gasteiger partial charge < -0.3 is 15.1 Å². The van der Waals surface area contributed by atoms with Gasteiger partial charge in [-0.15, -0.1) is 5.06 Å². The molecule has 1 aliphatic rings. The molecule has 0 saturated carbocycles. The van der Waals surface area contributed by atoms with Gasteiger partial charge in [0, 0.05) is 38.6 Å². The highest BCUT2D eigenvalue weighted by atomic mass is 16.7. The van der Waals surface area contributed by atoms with Crippen molar-refractivity contribution in [1.29, 1.82) is 5.41 Å². The molecular formula is C19H24N6O2. The van der Waals surface area contributed by atoms with E-state index in [1.807, 2.05) is 38.2 Å². The number of hydrogen-bond acceptors (Lipinski definition) is 8. The highest BCUT2D eigenvalue weighted by Gasteiger charge is 2.28. The van der Waals surface area contributed by atoms with Gasteiger partial charge in [-0.3, -0.25) is 5.41 Å². The third kappa shape index (κ3) is 5.08. The molecule has 0 amide bonds. The second-order valence-corrected chi connectivity index (χ2v) is 6.59. The standard InChI is InChI=1S/C19H24N6O2/c1-14-4-6-15(7-5-14)17(23-19-21-8-3-9-22-19)16(20)18(26)27-25-12-10-24(2)11-13-25/h3-9,17,20H,10-13H2,1-2H3,(H,21,22,23). The number of benzene rings is 1. The summed E-state index contributed by atoms with van der Waals surface area (Å²) in [6, 6.07) is 8.65. The number of rotatable bonds is 6. The van der Waals surface area contributed by atoms with Crippen molar-refractivity contribution in [2.24, 2.45) is 0 Å². The summed E-state index contributed by atoms with van der Waals surface area (Å²) >= 11 is 0. The van der Waals surface area contributed by atoms with E-state index in [2.05, 4.69) is 20.2 Å². The van der Waals surface area contributed by atoms with E-state index in [0.717, 1.165) is 24.2 Å². The Balaban J connectivity index is 1.75. The van der Waals surface area contributed by atoms with Crippen molar-refractivity contribution in [3.8, 4) is 0 Å². The van der Waals surface area contributed by atoms with E-state index in [0.29, 0.717) is 19.0 Å². The van der Waals surface area contributed by atoms with Gasteiger partial charge in [-0.1, -0.05) is 29.8 Å². The van der Waals surface area contributed by atoms with Crippen LogP contribution >= 0.6 is 0 Å². The molecule has 0 bridgehead atoms. The second kappa shape index (κ2) is 8.70. The predicted octanol–water partition coefficient (Wildman–Crippen LogP) is 1.66. The zero-order valence-corrected chi connectivity index (χ0v) is 15.6. The number of aryl methyl sites for hydroxylation is 1. The number of nitrogens with one attached hydrogen (secondary N) is 2. The van der Waals surface area contributed by atoms with E-state index in [1.54, 1.807) is 23.5 Å². The van der Waals surface area contributed by atoms with E-state index in [-0.39, 0.29) is 5.71 Å². The van der Waals surface area contributed by atoms with Crippen molar-refractivity contribution >= 4 is 17.6 Å². The Morgan fingerprint density at radius 3 is 2.41 bits per heavy atom. The highest BCUT2D eigenvalue weighted by molar-refractivity contribution is 6.37. The average molecular weight is 368 g/mol. The SMILES string of the molecule is Cc1ccc(C(Nc2ncccn2)C(=N)C(=O)ON2CCN(C)CC2)cc1. The fourth-order valence-electron chi connectivity index (χ4n) is 2.75. The molecule has 2 N–H and O–H groups in total. The maximum Gasteiger partial charge on any atom is 0.373 e. The van der Waals surface area contributed by atoms with Gasteiger partial charge in [0.15, 0.2) is 0 Å². The number of piperazine rings is 1. The van der Waals surface area contributed by atoms with Gasteiger partial charge in [0.2, 0.25) is 5.95 Å². The zero-order valence-electron chi connectivity index (χ0n) is 15.6. The van der Waals surface area contributed by atoms with Crippen LogP contribution in [0.15, 0.2) is 42.7 Å². The Hall–Kier alpha value is -2.84. The van der Waals surface area contributed by atoms with Crippen molar-refractivity contribution in [2.75, 3.05) is 38.5 Å². The Morgan fingerprint density at radius 1 is 1.15 bits per heavy atom. The lowest BCUT2D eigenvalue weighted by molar-refractivity contribution is -0.188. The molecule has 27 heavy (non-hydrogen) atoms. The Kier molecular flexibility index (Phi) is 6.10. The number of hydrogen-bond donors (Lipinski definition) is 2. The summed E-state index contributed by atoms with van der Waals surface area (Å²) in [5, 5.41) is 13.1. The molecule has 3 rings (SSSR count). The maximum atomic E-state index is 12.6. The molecule has 1 fully saturated rings. The Labute approximate surface area is 158 Å². The molecule has 1 aromatic heterocycles. The summed E-state index contributed by atoms with van der Waals surface area (Å²) in [5.41, 5.74) is 1.68. The lowest BCUT2D eigenvalue weighted by Gasteiger charge is -2.31. The minimum atomic E-state index is -0.701. The van der Waals surface area contributed by atoms with Gasteiger partial charge in [0.1, 0.15) is 11.8 Å². The fourth-order valence-corrected chi connectivity index (χ4v) is 2.75. The third-order valence-electron chi connectivity index (χ3n) is 4.43. The van der Waals surface area contributed by atoms with Crippen LogP contribution < -0.4 is 5.32 Å². The topological polar surface area (TPSA) is 94.4 Å². The van der Waals surface area contributed by atoms with E-state index in [4.69, 9.17) is 10.2 Å². The summed E-state index contributed by atoms with van der Waals surface area (Å²) in [4.78, 5) is 28.5. The van der Waals surface area contributed by atoms with Gasteiger partial charge in [0.05, 0.1) is 0 Å². The van der Waals surface area contributed by atoms with E-state index < -0.39 is 12.0 Å². The monoisotopic (exact) mass is 368 g/mol. The van der Waals surface area contributed by atoms with Crippen LogP contribution in [0.4, 0.5) is 5.95 Å². The number of nitrogens with zero attached hydrogens (tertiary/aromatic N) is 4. The lowest BCUT2D eigenvalue weighted by atomic mass is 10.0. The van der Waals surface area contributed by atoms with Crippen LogP contribution in [0.5, 0.6) is 0 Å². The van der Waals surface area contributed by atoms with Crippen molar-refractivity contribution in [3.63, 3.8) is 0 Å². The molecule has 8 heteroatoms. The Morgan fingerprint density at radius 2 is 1.78 bits per heavy atom. The number of anilines is 1. The number of aromatic nitrogens is 2. The largest absolute Gasteiger partial charge is 0.373 e. The van der Waals surface area contributed by atoms with Crippen molar-refractivity contribution < 1.29 is 9.63 Å². The van der Waals surface area contributed by atoms with Crippen molar-refractivity contribution in [1.82, 2.24) is 19.9 Å². The minimum Gasteiger partial charge on any atom is -0.363 e. The highest BCUT2D eigenvalue weighted by Crippen LogP contribution is 2.20. The minimum absolute atomic E-state index is 0.190. The number of carbonyl (C=O) groups excluding carboxylic acids is 1. The van der Waals surface area contributed by atoms with Crippen LogP contribution in [-0.4, -0.2) is 64.8 Å². The molecule has 2 aromatic rings. The molecule has 2 heterocycles. The van der Waals surface area contributed by atoms with Crippen molar-refractivity contribution in [2.45, 2.75) is 13.0 Å². The molecule has 1 aliphatic heterocycles. The maximum absolute atomic E-state index is 12.6.